The Morgan fingerprint density at radius 2 is 1.41 bits per heavy atom. The van der Waals surface area contributed by atoms with Crippen LogP contribution in [0.1, 0.15) is 48.4 Å². The van der Waals surface area contributed by atoms with E-state index in [0.717, 1.165) is 0 Å². The number of amides is 1. The van der Waals surface area contributed by atoms with Crippen molar-refractivity contribution in [3.05, 3.63) is 29.3 Å². The van der Waals surface area contributed by atoms with E-state index < -0.39 is 35.6 Å². The van der Waals surface area contributed by atoms with Crippen molar-refractivity contribution in [2.24, 2.45) is 0 Å². The molecule has 1 aromatic rings. The molecule has 0 aliphatic carbocycles. The van der Waals surface area contributed by atoms with Gasteiger partial charge in [-0.05, 0) is 45.9 Å². The topological polar surface area (TPSA) is 117 Å². The van der Waals surface area contributed by atoms with E-state index in [0.29, 0.717) is 0 Å². The summed E-state index contributed by atoms with van der Waals surface area (Å²) in [4.78, 5) is 47.4. The molecule has 1 amide bonds. The summed E-state index contributed by atoms with van der Waals surface area (Å²) in [6.07, 6.45) is -0.787. The van der Waals surface area contributed by atoms with Crippen LogP contribution < -0.4 is 10.1 Å². The second-order valence-electron chi connectivity index (χ2n) is 6.52. The van der Waals surface area contributed by atoms with Gasteiger partial charge in [-0.15, -0.1) is 0 Å². The second kappa shape index (κ2) is 9.02. The van der Waals surface area contributed by atoms with Gasteiger partial charge >= 0.3 is 24.0 Å². The highest BCUT2D eigenvalue weighted by molar-refractivity contribution is 5.96. The number of esters is 3. The van der Waals surface area contributed by atoms with E-state index in [2.05, 4.69) is 14.8 Å². The quantitative estimate of drug-likeness (QED) is 0.468. The fourth-order valence-electron chi connectivity index (χ4n) is 1.88. The lowest BCUT2D eigenvalue weighted by Crippen LogP contribution is -2.43. The summed E-state index contributed by atoms with van der Waals surface area (Å²) in [6, 6.07) is 2.67. The zero-order valence-electron chi connectivity index (χ0n) is 16.1. The Hall–Kier alpha value is -3.10. The van der Waals surface area contributed by atoms with Crippen LogP contribution in [0, 0.1) is 0 Å². The Morgan fingerprint density at radius 3 is 1.81 bits per heavy atom. The third-order valence-electron chi connectivity index (χ3n) is 3.05. The van der Waals surface area contributed by atoms with Gasteiger partial charge in [0.05, 0.1) is 25.3 Å². The number of benzene rings is 1. The van der Waals surface area contributed by atoms with E-state index in [-0.39, 0.29) is 16.9 Å². The van der Waals surface area contributed by atoms with Crippen molar-refractivity contribution in [3.8, 4) is 5.75 Å². The Kier molecular flexibility index (Phi) is 7.33. The Balaban J connectivity index is 2.95. The minimum absolute atomic E-state index is 0.00375. The molecule has 0 spiro atoms. The predicted molar refractivity (Wildman–Crippen MR) is 93.6 cm³/mol. The Labute approximate surface area is 156 Å². The molecule has 0 aliphatic heterocycles. The SMILES string of the molecule is COC(=O)c1cc(OC(=O)C(C)NC(=O)OC(C)(C)C)cc(C(=O)OC)c1. The monoisotopic (exact) mass is 381 g/mol. The van der Waals surface area contributed by atoms with Crippen molar-refractivity contribution in [3.63, 3.8) is 0 Å². The summed E-state index contributed by atoms with van der Waals surface area (Å²) in [5.74, 6) is -2.35. The van der Waals surface area contributed by atoms with Gasteiger partial charge in [0.25, 0.3) is 0 Å². The molecular formula is C18H23NO8. The summed E-state index contributed by atoms with van der Waals surface area (Å²) in [7, 11) is 2.34. The van der Waals surface area contributed by atoms with Gasteiger partial charge in [0.2, 0.25) is 0 Å². The Bertz CT molecular complexity index is 701. The Morgan fingerprint density at radius 1 is 0.926 bits per heavy atom. The average molecular weight is 381 g/mol. The molecule has 0 saturated heterocycles. The smallest absolute Gasteiger partial charge is 0.408 e. The molecule has 9 heteroatoms. The van der Waals surface area contributed by atoms with Gasteiger partial charge in [-0.1, -0.05) is 0 Å². The maximum atomic E-state index is 12.2. The lowest BCUT2D eigenvalue weighted by Gasteiger charge is -2.21. The minimum Gasteiger partial charge on any atom is -0.465 e. The highest BCUT2D eigenvalue weighted by Crippen LogP contribution is 2.20. The summed E-state index contributed by atoms with van der Waals surface area (Å²) < 4.78 is 19.4. The van der Waals surface area contributed by atoms with Crippen molar-refractivity contribution in [1.29, 1.82) is 0 Å². The zero-order valence-corrected chi connectivity index (χ0v) is 16.1. The van der Waals surface area contributed by atoms with Gasteiger partial charge in [-0.2, -0.15) is 0 Å². The molecule has 0 aliphatic rings. The molecule has 1 aromatic carbocycles. The van der Waals surface area contributed by atoms with Crippen molar-refractivity contribution in [2.75, 3.05) is 14.2 Å². The van der Waals surface area contributed by atoms with E-state index >= 15 is 0 Å². The molecule has 1 unspecified atom stereocenters. The number of methoxy groups -OCH3 is 2. The highest BCUT2D eigenvalue weighted by Gasteiger charge is 2.23. The van der Waals surface area contributed by atoms with Gasteiger partial charge in [0, 0.05) is 0 Å². The standard InChI is InChI=1S/C18H23NO8/c1-10(19-17(23)27-18(2,3)4)14(20)26-13-8-11(15(21)24-5)7-12(9-13)16(22)25-6/h7-10H,1-6H3,(H,19,23). The van der Waals surface area contributed by atoms with Crippen LogP contribution in [0.2, 0.25) is 0 Å². The molecular weight excluding hydrogens is 358 g/mol. The summed E-state index contributed by atoms with van der Waals surface area (Å²) in [5.41, 5.74) is -0.732. The lowest BCUT2D eigenvalue weighted by molar-refractivity contribution is -0.136. The summed E-state index contributed by atoms with van der Waals surface area (Å²) in [5, 5.41) is 2.33. The lowest BCUT2D eigenvalue weighted by atomic mass is 10.1. The van der Waals surface area contributed by atoms with Crippen LogP contribution in [-0.4, -0.2) is 49.9 Å². The fraction of sp³-hybridized carbons (Fsp3) is 0.444. The second-order valence-corrected chi connectivity index (χ2v) is 6.52. The van der Waals surface area contributed by atoms with Crippen LogP contribution >= 0.6 is 0 Å². The maximum absolute atomic E-state index is 12.2. The van der Waals surface area contributed by atoms with Gasteiger partial charge < -0.3 is 24.3 Å². The number of ether oxygens (including phenoxy) is 4. The van der Waals surface area contributed by atoms with E-state index in [1.165, 1.54) is 39.3 Å². The van der Waals surface area contributed by atoms with Crippen LogP contribution in [0.3, 0.4) is 0 Å². The first-order valence-corrected chi connectivity index (χ1v) is 7.99. The minimum atomic E-state index is -1.04. The molecule has 9 nitrogen and oxygen atoms in total. The molecule has 1 atom stereocenters. The van der Waals surface area contributed by atoms with E-state index in [9.17, 15) is 19.2 Å². The number of carbonyl (C=O) groups is 4. The van der Waals surface area contributed by atoms with Gasteiger partial charge in [-0.3, -0.25) is 0 Å². The van der Waals surface area contributed by atoms with Crippen LogP contribution in [-0.2, 0) is 19.0 Å². The molecule has 0 fully saturated rings. The predicted octanol–water partition coefficient (Wildman–Crippen LogP) is 2.08. The first-order valence-electron chi connectivity index (χ1n) is 7.99. The molecule has 0 radical (unpaired) electrons. The summed E-state index contributed by atoms with van der Waals surface area (Å²) in [6.45, 7) is 6.45. The zero-order chi connectivity index (χ0) is 20.8. The van der Waals surface area contributed by atoms with E-state index in [4.69, 9.17) is 9.47 Å². The van der Waals surface area contributed by atoms with Gasteiger partial charge in [-0.25, -0.2) is 19.2 Å². The highest BCUT2D eigenvalue weighted by atomic mass is 16.6. The van der Waals surface area contributed by atoms with Crippen molar-refractivity contribution < 1.29 is 38.1 Å². The van der Waals surface area contributed by atoms with E-state index in [1.54, 1.807) is 20.8 Å². The van der Waals surface area contributed by atoms with Gasteiger partial charge in [0.1, 0.15) is 17.4 Å². The molecule has 1 N–H and O–H groups in total. The fourth-order valence-corrected chi connectivity index (χ4v) is 1.88. The van der Waals surface area contributed by atoms with Crippen molar-refractivity contribution in [2.45, 2.75) is 39.3 Å². The maximum Gasteiger partial charge on any atom is 0.408 e. The normalized spacial score (nSPS) is 11.8. The third-order valence-corrected chi connectivity index (χ3v) is 3.05. The third kappa shape index (κ3) is 6.96. The molecule has 1 rings (SSSR count). The van der Waals surface area contributed by atoms with Gasteiger partial charge in [0.15, 0.2) is 0 Å². The molecule has 0 aromatic heterocycles. The average Bonchev–Trinajstić information content (AvgIpc) is 2.58. The number of hydrogen-bond acceptors (Lipinski definition) is 8. The van der Waals surface area contributed by atoms with Crippen LogP contribution in [0.5, 0.6) is 5.75 Å². The largest absolute Gasteiger partial charge is 0.465 e. The van der Waals surface area contributed by atoms with E-state index in [1.807, 2.05) is 0 Å². The number of hydrogen-bond donors (Lipinski definition) is 1. The number of carbonyl (C=O) groups excluding carboxylic acids is 4. The summed E-state index contributed by atoms with van der Waals surface area (Å²) >= 11 is 0. The number of rotatable bonds is 5. The first kappa shape index (κ1) is 21.9. The molecule has 0 saturated carbocycles. The van der Waals surface area contributed by atoms with Crippen LogP contribution in [0.4, 0.5) is 4.79 Å². The van der Waals surface area contributed by atoms with Crippen molar-refractivity contribution in [1.82, 2.24) is 5.32 Å². The molecule has 148 valence electrons. The number of alkyl carbamates (subject to hydrolysis) is 1. The molecule has 0 bridgehead atoms. The van der Waals surface area contributed by atoms with Crippen LogP contribution in [0.25, 0.3) is 0 Å². The number of nitrogens with one attached hydrogen (secondary N) is 1. The first-order chi connectivity index (χ1) is 12.5. The van der Waals surface area contributed by atoms with Crippen molar-refractivity contribution >= 4 is 24.0 Å². The molecule has 0 heterocycles. The molecule has 27 heavy (non-hydrogen) atoms. The van der Waals surface area contributed by atoms with Crippen LogP contribution in [0.15, 0.2) is 18.2 Å².